The summed E-state index contributed by atoms with van der Waals surface area (Å²) in [5, 5.41) is 8.74. The second kappa shape index (κ2) is 3.98. The van der Waals surface area contributed by atoms with E-state index in [0.717, 1.165) is 16.9 Å². The van der Waals surface area contributed by atoms with E-state index < -0.39 is 12.1 Å². The summed E-state index contributed by atoms with van der Waals surface area (Å²) in [6.07, 6.45) is -4.00. The number of alkyl halides is 3. The van der Waals surface area contributed by atoms with Crippen LogP contribution in [0.5, 0.6) is 0 Å². The first-order valence-electron chi connectivity index (χ1n) is 6.23. The van der Waals surface area contributed by atoms with Gasteiger partial charge in [-0.1, -0.05) is 12.1 Å². The first-order chi connectivity index (χ1) is 9.37. The smallest absolute Gasteiger partial charge is 0.334 e. The predicted molar refractivity (Wildman–Crippen MR) is 63.6 cm³/mol. The van der Waals surface area contributed by atoms with E-state index in [1.807, 2.05) is 6.07 Å². The minimum atomic E-state index is -4.80. The first-order valence-corrected chi connectivity index (χ1v) is 6.23. The van der Waals surface area contributed by atoms with Crippen LogP contribution in [-0.4, -0.2) is 30.1 Å². The van der Waals surface area contributed by atoms with Crippen LogP contribution in [0.2, 0.25) is 0 Å². The highest BCUT2D eigenvalue weighted by Gasteiger charge is 2.63. The lowest BCUT2D eigenvalue weighted by molar-refractivity contribution is -0.184. The predicted octanol–water partition coefficient (Wildman–Crippen LogP) is 2.22. The van der Waals surface area contributed by atoms with Crippen LogP contribution < -0.4 is 0 Å². The summed E-state index contributed by atoms with van der Waals surface area (Å²) in [6.45, 7) is 0.278. The van der Waals surface area contributed by atoms with Crippen LogP contribution in [0.1, 0.15) is 17.5 Å². The van der Waals surface area contributed by atoms with Crippen molar-refractivity contribution in [2.45, 2.75) is 18.0 Å². The van der Waals surface area contributed by atoms with Gasteiger partial charge in [-0.3, -0.25) is 4.79 Å². The summed E-state index contributed by atoms with van der Waals surface area (Å²) in [5.74, 6) is -1.65. The van der Waals surface area contributed by atoms with Crippen molar-refractivity contribution >= 4 is 5.91 Å². The lowest BCUT2D eigenvalue weighted by atomic mass is 9.94. The minimum absolute atomic E-state index is 0.0988. The van der Waals surface area contributed by atoms with Gasteiger partial charge in [0, 0.05) is 18.5 Å². The van der Waals surface area contributed by atoms with Gasteiger partial charge in [-0.2, -0.15) is 18.4 Å². The molecule has 20 heavy (non-hydrogen) atoms. The average Bonchev–Trinajstić information content (AvgIpc) is 2.99. The molecule has 6 heteroatoms. The van der Waals surface area contributed by atoms with Gasteiger partial charge in [-0.25, -0.2) is 0 Å². The quantitative estimate of drug-likeness (QED) is 0.791. The number of nitrogens with zero attached hydrogens (tertiary/aromatic N) is 2. The van der Waals surface area contributed by atoms with E-state index in [0.29, 0.717) is 5.56 Å². The Bertz CT molecular complexity index is 602. The molecular weight excluding hydrogens is 269 g/mol. The summed E-state index contributed by atoms with van der Waals surface area (Å²) in [6, 6.07) is 8.88. The number of carbonyl (C=O) groups excluding carboxylic acids is 1. The maximum Gasteiger partial charge on any atom is 0.471 e. The number of amides is 1. The van der Waals surface area contributed by atoms with E-state index in [-0.39, 0.29) is 24.4 Å². The number of fused-ring (bicyclic) bond motifs is 1. The third-order valence-corrected chi connectivity index (χ3v) is 4.26. The number of halogens is 3. The highest BCUT2D eigenvalue weighted by Crippen LogP contribution is 2.59. The Kier molecular flexibility index (Phi) is 2.58. The molecule has 1 saturated heterocycles. The molecule has 104 valence electrons. The molecule has 1 aliphatic heterocycles. The molecule has 2 aliphatic rings. The van der Waals surface area contributed by atoms with Gasteiger partial charge in [-0.05, 0) is 30.0 Å². The molecule has 0 unspecified atom stereocenters. The molecule has 2 fully saturated rings. The average molecular weight is 280 g/mol. The third kappa shape index (κ3) is 1.85. The normalized spacial score (nSPS) is 27.9. The Morgan fingerprint density at radius 1 is 1.35 bits per heavy atom. The number of likely N-dealkylation sites (tertiary alicyclic amines) is 1. The van der Waals surface area contributed by atoms with Crippen molar-refractivity contribution in [3.8, 4) is 6.07 Å². The summed E-state index contributed by atoms with van der Waals surface area (Å²) in [5.41, 5.74) is 1.09. The number of rotatable bonds is 1. The Labute approximate surface area is 113 Å². The highest BCUT2D eigenvalue weighted by atomic mass is 19.4. The second-order valence-corrected chi connectivity index (χ2v) is 5.43. The number of piperidine rings is 1. The van der Waals surface area contributed by atoms with Crippen molar-refractivity contribution in [2.24, 2.45) is 5.92 Å². The molecule has 1 aromatic carbocycles. The molecule has 0 spiro atoms. The fourth-order valence-corrected chi connectivity index (χ4v) is 3.14. The molecule has 2 atom stereocenters. The fourth-order valence-electron chi connectivity index (χ4n) is 3.14. The van der Waals surface area contributed by atoms with Crippen molar-refractivity contribution in [2.75, 3.05) is 13.1 Å². The molecule has 1 amide bonds. The van der Waals surface area contributed by atoms with E-state index in [1.165, 1.54) is 0 Å². The molecule has 0 radical (unpaired) electrons. The van der Waals surface area contributed by atoms with E-state index in [4.69, 9.17) is 5.26 Å². The molecule has 3 nitrogen and oxygen atoms in total. The largest absolute Gasteiger partial charge is 0.471 e. The van der Waals surface area contributed by atoms with Crippen molar-refractivity contribution in [1.29, 1.82) is 5.26 Å². The van der Waals surface area contributed by atoms with Crippen LogP contribution in [0.4, 0.5) is 13.2 Å². The zero-order valence-corrected chi connectivity index (χ0v) is 10.4. The van der Waals surface area contributed by atoms with E-state index in [2.05, 4.69) is 0 Å². The van der Waals surface area contributed by atoms with Crippen LogP contribution in [0, 0.1) is 17.2 Å². The highest BCUT2D eigenvalue weighted by molar-refractivity contribution is 5.82. The molecular formula is C14H11F3N2O. The van der Waals surface area contributed by atoms with Crippen LogP contribution in [0.25, 0.3) is 0 Å². The maximum atomic E-state index is 12.4. The van der Waals surface area contributed by atoms with E-state index in [1.54, 1.807) is 24.3 Å². The summed E-state index contributed by atoms with van der Waals surface area (Å²) >= 11 is 0. The number of hydrogen-bond acceptors (Lipinski definition) is 2. The van der Waals surface area contributed by atoms with Gasteiger partial charge in [0.05, 0.1) is 11.6 Å². The summed E-state index contributed by atoms with van der Waals surface area (Å²) in [4.78, 5) is 12.2. The van der Waals surface area contributed by atoms with Gasteiger partial charge < -0.3 is 4.90 Å². The van der Waals surface area contributed by atoms with Gasteiger partial charge >= 0.3 is 12.1 Å². The van der Waals surface area contributed by atoms with Crippen LogP contribution in [-0.2, 0) is 10.2 Å². The van der Waals surface area contributed by atoms with Crippen LogP contribution in [0.3, 0.4) is 0 Å². The minimum Gasteiger partial charge on any atom is -0.334 e. The molecule has 1 aromatic rings. The second-order valence-electron chi connectivity index (χ2n) is 5.43. The summed E-state index contributed by atoms with van der Waals surface area (Å²) in [7, 11) is 0. The van der Waals surface area contributed by atoms with E-state index in [9.17, 15) is 18.0 Å². The molecule has 3 rings (SSSR count). The Morgan fingerprint density at radius 2 is 2.00 bits per heavy atom. The number of nitriles is 1. The lowest BCUT2D eigenvalue weighted by Crippen LogP contribution is -2.41. The van der Waals surface area contributed by atoms with Crippen LogP contribution >= 0.6 is 0 Å². The standard InChI is InChI=1S/C14H11F3N2O/c15-14(16,17)12(20)19-7-11-5-13(11,8-19)10-3-1-9(6-18)2-4-10/h1-4,11H,5,7-8H2/t11-,13+/m0/s1. The zero-order chi connectivity index (χ0) is 14.5. The van der Waals surface area contributed by atoms with Gasteiger partial charge in [0.25, 0.3) is 0 Å². The monoisotopic (exact) mass is 280 g/mol. The number of benzene rings is 1. The fraction of sp³-hybridized carbons (Fsp3) is 0.429. The third-order valence-electron chi connectivity index (χ3n) is 4.26. The van der Waals surface area contributed by atoms with Crippen molar-refractivity contribution in [3.63, 3.8) is 0 Å². The van der Waals surface area contributed by atoms with Gasteiger partial charge in [0.15, 0.2) is 0 Å². The van der Waals surface area contributed by atoms with Crippen molar-refractivity contribution in [3.05, 3.63) is 35.4 Å². The topological polar surface area (TPSA) is 44.1 Å². The Hall–Kier alpha value is -2.03. The molecule has 0 N–H and O–H groups in total. The van der Waals surface area contributed by atoms with Crippen molar-refractivity contribution < 1.29 is 18.0 Å². The molecule has 1 heterocycles. The van der Waals surface area contributed by atoms with Gasteiger partial charge in [0.1, 0.15) is 0 Å². The molecule has 1 aliphatic carbocycles. The SMILES string of the molecule is N#Cc1ccc([C@]23C[C@H]2CN(C(=O)C(F)(F)F)C3)cc1. The zero-order valence-electron chi connectivity index (χ0n) is 10.4. The molecule has 1 saturated carbocycles. The number of carbonyl (C=O) groups is 1. The first kappa shape index (κ1) is 13.0. The lowest BCUT2D eigenvalue weighted by Gasteiger charge is -2.22. The van der Waals surface area contributed by atoms with E-state index >= 15 is 0 Å². The Morgan fingerprint density at radius 3 is 2.55 bits per heavy atom. The van der Waals surface area contributed by atoms with Gasteiger partial charge in [0.2, 0.25) is 0 Å². The van der Waals surface area contributed by atoms with Crippen molar-refractivity contribution in [1.82, 2.24) is 4.90 Å². The van der Waals surface area contributed by atoms with Crippen LogP contribution in [0.15, 0.2) is 24.3 Å². The summed E-state index contributed by atoms with van der Waals surface area (Å²) < 4.78 is 37.3. The molecule has 0 bridgehead atoms. The number of hydrogen-bond donors (Lipinski definition) is 0. The molecule has 0 aromatic heterocycles. The van der Waals surface area contributed by atoms with Gasteiger partial charge in [-0.15, -0.1) is 0 Å². The Balaban J connectivity index is 1.80. The maximum absolute atomic E-state index is 12.4.